The van der Waals surface area contributed by atoms with E-state index in [-0.39, 0.29) is 0 Å². The van der Waals surface area contributed by atoms with Gasteiger partial charge in [0.2, 0.25) is 0 Å². The highest BCUT2D eigenvalue weighted by Gasteiger charge is 2.09. The summed E-state index contributed by atoms with van der Waals surface area (Å²) in [6.07, 6.45) is 3.66. The maximum absolute atomic E-state index is 3.56. The van der Waals surface area contributed by atoms with E-state index < -0.39 is 0 Å². The highest BCUT2D eigenvalue weighted by molar-refractivity contribution is 5.27. The molecule has 1 rings (SSSR count). The molecular weight excluding hydrogens is 206 g/mol. The Kier molecular flexibility index (Phi) is 6.28. The molecule has 1 heteroatoms. The van der Waals surface area contributed by atoms with Crippen molar-refractivity contribution in [1.29, 1.82) is 0 Å². The van der Waals surface area contributed by atoms with Crippen molar-refractivity contribution in [1.82, 2.24) is 5.32 Å². The van der Waals surface area contributed by atoms with E-state index >= 15 is 0 Å². The summed E-state index contributed by atoms with van der Waals surface area (Å²) < 4.78 is 0. The lowest BCUT2D eigenvalue weighted by Gasteiger charge is -2.18. The largest absolute Gasteiger partial charge is 0.310 e. The van der Waals surface area contributed by atoms with E-state index in [9.17, 15) is 0 Å². The average molecular weight is 233 g/mol. The molecule has 1 aromatic rings. The number of hydrogen-bond acceptors (Lipinski definition) is 1. The van der Waals surface area contributed by atoms with Gasteiger partial charge in [-0.1, -0.05) is 58.4 Å². The van der Waals surface area contributed by atoms with Crippen molar-refractivity contribution >= 4 is 0 Å². The van der Waals surface area contributed by atoms with E-state index in [1.165, 1.54) is 30.4 Å². The van der Waals surface area contributed by atoms with E-state index in [4.69, 9.17) is 0 Å². The van der Waals surface area contributed by atoms with Crippen LogP contribution in [0.15, 0.2) is 24.3 Å². The monoisotopic (exact) mass is 233 g/mol. The molecule has 0 saturated heterocycles. The molecule has 0 aromatic heterocycles. The fraction of sp³-hybridized carbons (Fsp3) is 0.625. The Bertz CT molecular complexity index is 296. The zero-order valence-electron chi connectivity index (χ0n) is 11.8. The number of benzene rings is 1. The normalized spacial score (nSPS) is 14.6. The van der Waals surface area contributed by atoms with Gasteiger partial charge in [0.15, 0.2) is 0 Å². The molecule has 2 unspecified atom stereocenters. The van der Waals surface area contributed by atoms with Gasteiger partial charge in [0.1, 0.15) is 0 Å². The number of nitrogens with one attached hydrogen (secondary N) is 1. The van der Waals surface area contributed by atoms with Crippen LogP contribution < -0.4 is 5.32 Å². The lowest BCUT2D eigenvalue weighted by atomic mass is 9.95. The van der Waals surface area contributed by atoms with Crippen molar-refractivity contribution in [2.75, 3.05) is 6.54 Å². The first kappa shape index (κ1) is 14.2. The Balaban J connectivity index is 2.76. The minimum atomic E-state index is 0.524. The number of hydrogen-bond donors (Lipinski definition) is 1. The standard InChI is InChI=1S/C16H27N/c1-5-8-16(17-7-3)15-11-9-14(10-12-15)13(4)6-2/h9-13,16-17H,5-8H2,1-4H3. The molecule has 0 saturated carbocycles. The summed E-state index contributed by atoms with van der Waals surface area (Å²) in [5.74, 6) is 0.674. The third-order valence-corrected chi connectivity index (χ3v) is 3.55. The van der Waals surface area contributed by atoms with Crippen molar-refractivity contribution in [3.63, 3.8) is 0 Å². The lowest BCUT2D eigenvalue weighted by Crippen LogP contribution is -2.20. The van der Waals surface area contributed by atoms with Gasteiger partial charge in [-0.3, -0.25) is 0 Å². The highest BCUT2D eigenvalue weighted by atomic mass is 14.9. The summed E-state index contributed by atoms with van der Waals surface area (Å²) in [7, 11) is 0. The summed E-state index contributed by atoms with van der Waals surface area (Å²) in [6.45, 7) is 10.0. The van der Waals surface area contributed by atoms with Gasteiger partial charge in [-0.2, -0.15) is 0 Å². The third kappa shape index (κ3) is 4.16. The van der Waals surface area contributed by atoms with Crippen molar-refractivity contribution in [2.45, 2.75) is 58.9 Å². The summed E-state index contributed by atoms with van der Waals surface area (Å²) >= 11 is 0. The van der Waals surface area contributed by atoms with Gasteiger partial charge in [-0.25, -0.2) is 0 Å². The SMILES string of the molecule is CCCC(NCC)c1ccc(C(C)CC)cc1. The van der Waals surface area contributed by atoms with Crippen LogP contribution in [0.25, 0.3) is 0 Å². The predicted octanol–water partition coefficient (Wildman–Crippen LogP) is 4.65. The van der Waals surface area contributed by atoms with Crippen LogP contribution in [0.1, 0.15) is 70.0 Å². The van der Waals surface area contributed by atoms with E-state index in [0.717, 1.165) is 6.54 Å². The van der Waals surface area contributed by atoms with Crippen molar-refractivity contribution in [2.24, 2.45) is 0 Å². The first-order valence-electron chi connectivity index (χ1n) is 7.06. The minimum Gasteiger partial charge on any atom is -0.310 e. The Hall–Kier alpha value is -0.820. The molecular formula is C16H27N. The van der Waals surface area contributed by atoms with Crippen molar-refractivity contribution < 1.29 is 0 Å². The van der Waals surface area contributed by atoms with Crippen molar-refractivity contribution in [3.05, 3.63) is 35.4 Å². The molecule has 0 amide bonds. The number of rotatable bonds is 7. The Morgan fingerprint density at radius 3 is 2.06 bits per heavy atom. The smallest absolute Gasteiger partial charge is 0.0320 e. The molecule has 0 aliphatic carbocycles. The zero-order chi connectivity index (χ0) is 12.7. The van der Waals surface area contributed by atoms with Crippen LogP contribution in [0.2, 0.25) is 0 Å². The van der Waals surface area contributed by atoms with E-state index in [1.54, 1.807) is 0 Å². The van der Waals surface area contributed by atoms with Crippen LogP contribution in [0.4, 0.5) is 0 Å². The zero-order valence-corrected chi connectivity index (χ0v) is 11.8. The molecule has 2 atom stereocenters. The van der Waals surface area contributed by atoms with Gasteiger partial charge in [-0.05, 0) is 36.4 Å². The Labute approximate surface area is 107 Å². The van der Waals surface area contributed by atoms with Crippen LogP contribution in [-0.2, 0) is 0 Å². The molecule has 0 spiro atoms. The second-order valence-corrected chi connectivity index (χ2v) is 4.87. The lowest BCUT2D eigenvalue weighted by molar-refractivity contribution is 0.509. The quantitative estimate of drug-likeness (QED) is 0.723. The maximum Gasteiger partial charge on any atom is 0.0320 e. The molecule has 1 aromatic carbocycles. The summed E-state index contributed by atoms with van der Waals surface area (Å²) in [5, 5.41) is 3.56. The molecule has 0 radical (unpaired) electrons. The van der Waals surface area contributed by atoms with E-state index in [0.29, 0.717) is 12.0 Å². The fourth-order valence-electron chi connectivity index (χ4n) is 2.21. The predicted molar refractivity (Wildman–Crippen MR) is 76.5 cm³/mol. The fourth-order valence-corrected chi connectivity index (χ4v) is 2.21. The molecule has 0 bridgehead atoms. The Morgan fingerprint density at radius 2 is 1.59 bits per heavy atom. The van der Waals surface area contributed by atoms with Gasteiger partial charge >= 0.3 is 0 Å². The molecule has 17 heavy (non-hydrogen) atoms. The van der Waals surface area contributed by atoms with Crippen LogP contribution in [0.5, 0.6) is 0 Å². The second kappa shape index (κ2) is 7.50. The molecule has 0 heterocycles. The average Bonchev–Trinajstić information content (AvgIpc) is 2.38. The molecule has 96 valence electrons. The third-order valence-electron chi connectivity index (χ3n) is 3.55. The maximum atomic E-state index is 3.56. The van der Waals surface area contributed by atoms with E-state index in [1.807, 2.05) is 0 Å². The molecule has 1 N–H and O–H groups in total. The van der Waals surface area contributed by atoms with Crippen LogP contribution >= 0.6 is 0 Å². The van der Waals surface area contributed by atoms with Crippen LogP contribution in [-0.4, -0.2) is 6.54 Å². The van der Waals surface area contributed by atoms with Crippen LogP contribution in [0.3, 0.4) is 0 Å². The molecule has 0 aliphatic rings. The van der Waals surface area contributed by atoms with E-state index in [2.05, 4.69) is 57.3 Å². The van der Waals surface area contributed by atoms with Crippen molar-refractivity contribution in [3.8, 4) is 0 Å². The van der Waals surface area contributed by atoms with Gasteiger partial charge in [-0.15, -0.1) is 0 Å². The van der Waals surface area contributed by atoms with Gasteiger partial charge < -0.3 is 5.32 Å². The minimum absolute atomic E-state index is 0.524. The first-order chi connectivity index (χ1) is 8.22. The van der Waals surface area contributed by atoms with Crippen LogP contribution in [0, 0.1) is 0 Å². The molecule has 0 aliphatic heterocycles. The van der Waals surface area contributed by atoms with Gasteiger partial charge in [0.05, 0.1) is 0 Å². The highest BCUT2D eigenvalue weighted by Crippen LogP contribution is 2.23. The summed E-state index contributed by atoms with van der Waals surface area (Å²) in [6, 6.07) is 9.71. The first-order valence-corrected chi connectivity index (χ1v) is 7.06. The topological polar surface area (TPSA) is 12.0 Å². The Morgan fingerprint density at radius 1 is 1.00 bits per heavy atom. The second-order valence-electron chi connectivity index (χ2n) is 4.87. The molecule has 0 fully saturated rings. The van der Waals surface area contributed by atoms with Gasteiger partial charge in [0.25, 0.3) is 0 Å². The summed E-state index contributed by atoms with van der Waals surface area (Å²) in [4.78, 5) is 0. The molecule has 1 nitrogen and oxygen atoms in total. The summed E-state index contributed by atoms with van der Waals surface area (Å²) in [5.41, 5.74) is 2.89. The van der Waals surface area contributed by atoms with Gasteiger partial charge in [0, 0.05) is 6.04 Å².